The smallest absolute Gasteiger partial charge is 0.0459 e. The standard InChI is InChI=1S/C29H49N5/c1-23(2)20-25(30-21-24(3)4)10-14-33-18-16-32(17-19-33)12-7-13-34-15-11-29-27(22-34)26-8-5-6-9-28(26)31-29/h5-6,8-9,23-25,30-31H,7,10-22H2,1-4H3. The average Bonchev–Trinajstić information content (AvgIpc) is 3.19. The lowest BCUT2D eigenvalue weighted by Gasteiger charge is -2.36. The van der Waals surface area contributed by atoms with Gasteiger partial charge in [-0.25, -0.2) is 0 Å². The molecule has 0 saturated carbocycles. The molecule has 190 valence electrons. The van der Waals surface area contributed by atoms with Crippen LogP contribution in [-0.2, 0) is 13.0 Å². The predicted molar refractivity (Wildman–Crippen MR) is 145 cm³/mol. The first kappa shape index (κ1) is 25.7. The van der Waals surface area contributed by atoms with Crippen molar-refractivity contribution in [1.82, 2.24) is 25.0 Å². The minimum atomic E-state index is 0.669. The number of para-hydroxylation sites is 1. The van der Waals surface area contributed by atoms with Crippen molar-refractivity contribution in [3.05, 3.63) is 35.5 Å². The van der Waals surface area contributed by atoms with Crippen molar-refractivity contribution in [3.8, 4) is 0 Å². The lowest BCUT2D eigenvalue weighted by Crippen LogP contribution is -2.48. The lowest BCUT2D eigenvalue weighted by molar-refractivity contribution is 0.121. The summed E-state index contributed by atoms with van der Waals surface area (Å²) in [6, 6.07) is 9.46. The molecule has 1 fully saturated rings. The van der Waals surface area contributed by atoms with E-state index in [2.05, 4.69) is 77.0 Å². The number of hydrogen-bond acceptors (Lipinski definition) is 4. The minimum absolute atomic E-state index is 0.669. The average molecular weight is 468 g/mol. The Balaban J connectivity index is 1.13. The Morgan fingerprint density at radius 2 is 1.56 bits per heavy atom. The fourth-order valence-electron chi connectivity index (χ4n) is 5.78. The van der Waals surface area contributed by atoms with Crippen molar-refractivity contribution in [2.75, 3.05) is 58.9 Å². The molecule has 2 aliphatic rings. The Kier molecular flexibility index (Phi) is 9.46. The SMILES string of the molecule is CC(C)CNC(CCN1CCN(CCCN2CCc3[nH]c4ccccc4c3C2)CC1)CC(C)C. The zero-order chi connectivity index (χ0) is 23.9. The molecule has 1 aromatic heterocycles. The van der Waals surface area contributed by atoms with Gasteiger partial charge in [0.25, 0.3) is 0 Å². The van der Waals surface area contributed by atoms with E-state index < -0.39 is 0 Å². The van der Waals surface area contributed by atoms with Crippen molar-refractivity contribution >= 4 is 10.9 Å². The highest BCUT2D eigenvalue weighted by Crippen LogP contribution is 2.27. The summed E-state index contributed by atoms with van der Waals surface area (Å²) in [6.45, 7) is 21.4. The molecule has 1 saturated heterocycles. The molecule has 2 aromatic rings. The normalized spacial score (nSPS) is 19.4. The van der Waals surface area contributed by atoms with Crippen LogP contribution in [0.25, 0.3) is 10.9 Å². The van der Waals surface area contributed by atoms with Crippen LogP contribution in [0.1, 0.15) is 58.2 Å². The van der Waals surface area contributed by atoms with E-state index in [0.29, 0.717) is 6.04 Å². The molecule has 3 heterocycles. The first-order chi connectivity index (χ1) is 16.5. The van der Waals surface area contributed by atoms with Crippen LogP contribution in [0.5, 0.6) is 0 Å². The van der Waals surface area contributed by atoms with E-state index in [0.717, 1.165) is 31.3 Å². The zero-order valence-corrected chi connectivity index (χ0v) is 22.3. The van der Waals surface area contributed by atoms with Crippen LogP contribution in [0.15, 0.2) is 24.3 Å². The molecule has 1 aromatic carbocycles. The third-order valence-electron chi connectivity index (χ3n) is 7.74. The van der Waals surface area contributed by atoms with Crippen molar-refractivity contribution in [2.45, 2.75) is 66.0 Å². The van der Waals surface area contributed by atoms with Crippen LogP contribution in [0.3, 0.4) is 0 Å². The van der Waals surface area contributed by atoms with Gasteiger partial charge in [-0.15, -0.1) is 0 Å². The highest BCUT2D eigenvalue weighted by molar-refractivity contribution is 5.84. The third-order valence-corrected chi connectivity index (χ3v) is 7.74. The number of aromatic amines is 1. The van der Waals surface area contributed by atoms with Gasteiger partial charge in [-0.1, -0.05) is 45.9 Å². The van der Waals surface area contributed by atoms with E-state index in [1.165, 1.54) is 93.8 Å². The highest BCUT2D eigenvalue weighted by atomic mass is 15.3. The summed E-state index contributed by atoms with van der Waals surface area (Å²) in [6.07, 6.45) is 5.03. The van der Waals surface area contributed by atoms with Crippen LogP contribution in [0.4, 0.5) is 0 Å². The molecule has 2 aliphatic heterocycles. The summed E-state index contributed by atoms with van der Waals surface area (Å²) in [5.41, 5.74) is 4.30. The van der Waals surface area contributed by atoms with Gasteiger partial charge < -0.3 is 20.1 Å². The number of fused-ring (bicyclic) bond motifs is 3. The van der Waals surface area contributed by atoms with Gasteiger partial charge >= 0.3 is 0 Å². The Morgan fingerprint density at radius 3 is 2.29 bits per heavy atom. The maximum absolute atomic E-state index is 3.83. The van der Waals surface area contributed by atoms with E-state index in [1.54, 1.807) is 0 Å². The molecule has 2 N–H and O–H groups in total. The number of nitrogens with one attached hydrogen (secondary N) is 2. The first-order valence-electron chi connectivity index (χ1n) is 14.0. The second-order valence-corrected chi connectivity index (χ2v) is 11.6. The number of rotatable bonds is 12. The van der Waals surface area contributed by atoms with E-state index in [1.807, 2.05) is 0 Å². The molecule has 5 nitrogen and oxygen atoms in total. The monoisotopic (exact) mass is 467 g/mol. The Bertz CT molecular complexity index is 865. The molecule has 34 heavy (non-hydrogen) atoms. The van der Waals surface area contributed by atoms with Gasteiger partial charge in [0.05, 0.1) is 0 Å². The first-order valence-corrected chi connectivity index (χ1v) is 14.0. The van der Waals surface area contributed by atoms with Crippen LogP contribution >= 0.6 is 0 Å². The number of nitrogens with zero attached hydrogens (tertiary/aromatic N) is 3. The van der Waals surface area contributed by atoms with Gasteiger partial charge in [0, 0.05) is 68.3 Å². The number of aromatic nitrogens is 1. The molecule has 0 radical (unpaired) electrons. The molecule has 1 atom stereocenters. The van der Waals surface area contributed by atoms with Gasteiger partial charge in [-0.2, -0.15) is 0 Å². The quantitative estimate of drug-likeness (QED) is 0.479. The van der Waals surface area contributed by atoms with Gasteiger partial charge in [-0.3, -0.25) is 4.90 Å². The molecule has 0 spiro atoms. The van der Waals surface area contributed by atoms with E-state index in [9.17, 15) is 0 Å². The van der Waals surface area contributed by atoms with Gasteiger partial charge in [-0.05, 0) is 68.9 Å². The number of H-pyrrole nitrogens is 1. The fraction of sp³-hybridized carbons (Fsp3) is 0.724. The number of hydrogen-bond donors (Lipinski definition) is 2. The maximum Gasteiger partial charge on any atom is 0.0459 e. The van der Waals surface area contributed by atoms with Crippen molar-refractivity contribution in [1.29, 1.82) is 0 Å². The summed E-state index contributed by atoms with van der Waals surface area (Å²) < 4.78 is 0. The van der Waals surface area contributed by atoms with Crippen LogP contribution in [-0.4, -0.2) is 84.6 Å². The molecule has 0 aliphatic carbocycles. The molecular weight excluding hydrogens is 418 g/mol. The summed E-state index contributed by atoms with van der Waals surface area (Å²) in [4.78, 5) is 11.7. The van der Waals surface area contributed by atoms with Crippen molar-refractivity contribution in [3.63, 3.8) is 0 Å². The zero-order valence-electron chi connectivity index (χ0n) is 22.3. The molecule has 1 unspecified atom stereocenters. The maximum atomic E-state index is 3.83. The van der Waals surface area contributed by atoms with Crippen LogP contribution in [0.2, 0.25) is 0 Å². The van der Waals surface area contributed by atoms with Gasteiger partial charge in [0.2, 0.25) is 0 Å². The highest BCUT2D eigenvalue weighted by Gasteiger charge is 2.22. The van der Waals surface area contributed by atoms with Crippen LogP contribution in [0, 0.1) is 11.8 Å². The summed E-state index contributed by atoms with van der Waals surface area (Å²) in [5.74, 6) is 1.50. The van der Waals surface area contributed by atoms with Gasteiger partial charge in [0.1, 0.15) is 0 Å². The molecular formula is C29H49N5. The van der Waals surface area contributed by atoms with E-state index in [-0.39, 0.29) is 0 Å². The largest absolute Gasteiger partial charge is 0.358 e. The molecule has 0 amide bonds. The van der Waals surface area contributed by atoms with Crippen molar-refractivity contribution < 1.29 is 0 Å². The molecule has 0 bridgehead atoms. The number of benzene rings is 1. The fourth-order valence-corrected chi connectivity index (χ4v) is 5.78. The predicted octanol–water partition coefficient (Wildman–Crippen LogP) is 4.58. The van der Waals surface area contributed by atoms with E-state index in [4.69, 9.17) is 0 Å². The Hall–Kier alpha value is -1.40. The number of piperazine rings is 1. The Labute approximate surface area is 208 Å². The van der Waals surface area contributed by atoms with Crippen LogP contribution < -0.4 is 5.32 Å². The van der Waals surface area contributed by atoms with Crippen molar-refractivity contribution in [2.24, 2.45) is 11.8 Å². The van der Waals surface area contributed by atoms with Gasteiger partial charge in [0.15, 0.2) is 0 Å². The molecule has 5 heteroatoms. The minimum Gasteiger partial charge on any atom is -0.358 e. The lowest BCUT2D eigenvalue weighted by atomic mass is 10.00. The third kappa shape index (κ3) is 7.30. The Morgan fingerprint density at radius 1 is 0.853 bits per heavy atom. The topological polar surface area (TPSA) is 37.5 Å². The summed E-state index contributed by atoms with van der Waals surface area (Å²) in [5, 5.41) is 5.25. The molecule has 4 rings (SSSR count). The summed E-state index contributed by atoms with van der Waals surface area (Å²) in [7, 11) is 0. The van der Waals surface area contributed by atoms with E-state index >= 15 is 0 Å². The second-order valence-electron chi connectivity index (χ2n) is 11.6. The summed E-state index contributed by atoms with van der Waals surface area (Å²) >= 11 is 0. The second kappa shape index (κ2) is 12.5.